The fourth-order valence-electron chi connectivity index (χ4n) is 2.54. The first-order chi connectivity index (χ1) is 12.6. The maximum absolute atomic E-state index is 12.1. The highest BCUT2D eigenvalue weighted by Crippen LogP contribution is 2.32. The number of aromatic nitrogens is 1. The van der Waals surface area contributed by atoms with E-state index in [1.54, 1.807) is 13.2 Å². The number of nitrogens with one attached hydrogen (secondary N) is 2. The second-order valence-electron chi connectivity index (χ2n) is 5.70. The number of fused-ring (bicyclic) bond motifs is 1. The quantitative estimate of drug-likeness (QED) is 0.698. The molecule has 2 aromatic carbocycles. The van der Waals surface area contributed by atoms with Crippen molar-refractivity contribution in [3.05, 3.63) is 53.6 Å². The number of rotatable bonds is 6. The van der Waals surface area contributed by atoms with Gasteiger partial charge in [-0.25, -0.2) is 4.98 Å². The van der Waals surface area contributed by atoms with Gasteiger partial charge in [0.1, 0.15) is 11.3 Å². The number of carbonyl (C=O) groups excluding carboxylic acids is 2. The summed E-state index contributed by atoms with van der Waals surface area (Å²) in [6.45, 7) is 2.14. The van der Waals surface area contributed by atoms with E-state index >= 15 is 0 Å². The lowest BCUT2D eigenvalue weighted by Crippen LogP contribution is -2.28. The van der Waals surface area contributed by atoms with Crippen LogP contribution in [0.15, 0.2) is 42.5 Å². The van der Waals surface area contributed by atoms with Gasteiger partial charge in [-0.2, -0.15) is 0 Å². The van der Waals surface area contributed by atoms with Gasteiger partial charge in [0.05, 0.1) is 11.8 Å². The summed E-state index contributed by atoms with van der Waals surface area (Å²) in [5.41, 5.74) is 2.24. The number of hydrogen-bond acceptors (Lipinski definition) is 5. The van der Waals surface area contributed by atoms with Crippen LogP contribution in [0.4, 0.5) is 5.13 Å². The minimum atomic E-state index is -0.201. The van der Waals surface area contributed by atoms with Crippen LogP contribution in [0.2, 0.25) is 0 Å². The van der Waals surface area contributed by atoms with Crippen LogP contribution >= 0.6 is 11.3 Å². The van der Waals surface area contributed by atoms with Crippen molar-refractivity contribution in [2.24, 2.45) is 0 Å². The van der Waals surface area contributed by atoms with Crippen LogP contribution in [0, 0.1) is 6.92 Å². The lowest BCUT2D eigenvalue weighted by atomic mass is 10.1. The zero-order chi connectivity index (χ0) is 18.5. The topological polar surface area (TPSA) is 80.3 Å². The molecule has 0 unspecified atom stereocenters. The van der Waals surface area contributed by atoms with E-state index in [0.717, 1.165) is 15.8 Å². The highest BCUT2D eigenvalue weighted by molar-refractivity contribution is 7.22. The Morgan fingerprint density at radius 3 is 2.73 bits per heavy atom. The van der Waals surface area contributed by atoms with E-state index in [2.05, 4.69) is 15.6 Å². The number of amides is 2. The lowest BCUT2D eigenvalue weighted by molar-refractivity contribution is -0.116. The minimum Gasteiger partial charge on any atom is -0.494 e. The van der Waals surface area contributed by atoms with E-state index in [0.29, 0.717) is 16.4 Å². The summed E-state index contributed by atoms with van der Waals surface area (Å²) in [6.07, 6.45) is 0.171. The van der Waals surface area contributed by atoms with Crippen molar-refractivity contribution in [1.29, 1.82) is 0 Å². The maximum atomic E-state index is 12.1. The Morgan fingerprint density at radius 2 is 1.96 bits per heavy atom. The zero-order valence-corrected chi connectivity index (χ0v) is 15.4. The largest absolute Gasteiger partial charge is 0.494 e. The Balaban J connectivity index is 1.55. The molecular formula is C19H19N3O3S. The number of para-hydroxylation sites is 1. The smallest absolute Gasteiger partial charge is 0.251 e. The van der Waals surface area contributed by atoms with E-state index in [-0.39, 0.29) is 24.8 Å². The van der Waals surface area contributed by atoms with Crippen molar-refractivity contribution < 1.29 is 14.3 Å². The number of thiazole rings is 1. The molecule has 0 aliphatic carbocycles. The maximum Gasteiger partial charge on any atom is 0.251 e. The van der Waals surface area contributed by atoms with Crippen molar-refractivity contribution in [2.45, 2.75) is 13.3 Å². The van der Waals surface area contributed by atoms with Gasteiger partial charge < -0.3 is 15.4 Å². The number of nitrogens with zero attached hydrogens (tertiary/aromatic N) is 1. The molecule has 0 saturated carbocycles. The van der Waals surface area contributed by atoms with Crippen LogP contribution in [0.5, 0.6) is 5.75 Å². The molecule has 2 N–H and O–H groups in total. The van der Waals surface area contributed by atoms with Crippen molar-refractivity contribution in [3.63, 3.8) is 0 Å². The van der Waals surface area contributed by atoms with Crippen LogP contribution in [0.3, 0.4) is 0 Å². The molecule has 0 fully saturated rings. The number of anilines is 1. The molecule has 0 aliphatic rings. The molecule has 3 aromatic rings. The first kappa shape index (κ1) is 17.9. The van der Waals surface area contributed by atoms with Crippen molar-refractivity contribution in [1.82, 2.24) is 10.3 Å². The summed E-state index contributed by atoms with van der Waals surface area (Å²) in [6, 6.07) is 13.0. The predicted octanol–water partition coefficient (Wildman–Crippen LogP) is 3.37. The van der Waals surface area contributed by atoms with Gasteiger partial charge >= 0.3 is 0 Å². The van der Waals surface area contributed by atoms with E-state index in [1.807, 2.05) is 43.3 Å². The van der Waals surface area contributed by atoms with Crippen LogP contribution in [0.25, 0.3) is 10.2 Å². The molecule has 134 valence electrons. The summed E-state index contributed by atoms with van der Waals surface area (Å²) in [5, 5.41) is 6.05. The summed E-state index contributed by atoms with van der Waals surface area (Å²) in [5.74, 6) is 0.290. The van der Waals surface area contributed by atoms with Gasteiger partial charge in [0.2, 0.25) is 5.91 Å². The molecule has 3 rings (SSSR count). The summed E-state index contributed by atoms with van der Waals surface area (Å²) >= 11 is 1.38. The van der Waals surface area contributed by atoms with Crippen LogP contribution in [0.1, 0.15) is 22.3 Å². The van der Waals surface area contributed by atoms with E-state index < -0.39 is 0 Å². The molecule has 2 amide bonds. The van der Waals surface area contributed by atoms with Gasteiger partial charge in [0.25, 0.3) is 5.91 Å². The number of hydrogen-bond donors (Lipinski definition) is 2. The Morgan fingerprint density at radius 1 is 1.15 bits per heavy atom. The number of benzene rings is 2. The lowest BCUT2D eigenvalue weighted by Gasteiger charge is -2.07. The highest BCUT2D eigenvalue weighted by atomic mass is 32.1. The van der Waals surface area contributed by atoms with E-state index in [1.165, 1.54) is 11.3 Å². The molecule has 0 saturated heterocycles. The number of aryl methyl sites for hydroxylation is 1. The van der Waals surface area contributed by atoms with E-state index in [4.69, 9.17) is 4.74 Å². The molecule has 1 aromatic heterocycles. The van der Waals surface area contributed by atoms with Gasteiger partial charge in [0, 0.05) is 18.5 Å². The summed E-state index contributed by atoms with van der Waals surface area (Å²) in [7, 11) is 1.59. The average Bonchev–Trinajstić information content (AvgIpc) is 3.04. The Kier molecular flexibility index (Phi) is 5.48. The van der Waals surface area contributed by atoms with Gasteiger partial charge in [-0.05, 0) is 30.7 Å². The third kappa shape index (κ3) is 4.00. The van der Waals surface area contributed by atoms with Crippen molar-refractivity contribution in [3.8, 4) is 5.75 Å². The van der Waals surface area contributed by atoms with Crippen LogP contribution < -0.4 is 15.4 Å². The van der Waals surface area contributed by atoms with Gasteiger partial charge in [-0.15, -0.1) is 0 Å². The fraction of sp³-hybridized carbons (Fsp3) is 0.211. The van der Waals surface area contributed by atoms with Gasteiger partial charge in [-0.3, -0.25) is 9.59 Å². The Labute approximate surface area is 155 Å². The first-order valence-corrected chi connectivity index (χ1v) is 8.97. The predicted molar refractivity (Wildman–Crippen MR) is 103 cm³/mol. The average molecular weight is 369 g/mol. The fourth-order valence-corrected chi connectivity index (χ4v) is 3.44. The van der Waals surface area contributed by atoms with Crippen LogP contribution in [-0.4, -0.2) is 30.5 Å². The second-order valence-corrected chi connectivity index (χ2v) is 6.73. The molecule has 6 nitrogen and oxygen atoms in total. The molecule has 0 atom stereocenters. The zero-order valence-electron chi connectivity index (χ0n) is 14.5. The second kappa shape index (κ2) is 7.97. The third-order valence-electron chi connectivity index (χ3n) is 3.88. The van der Waals surface area contributed by atoms with Crippen molar-refractivity contribution >= 4 is 38.5 Å². The molecule has 0 bridgehead atoms. The third-order valence-corrected chi connectivity index (χ3v) is 4.81. The van der Waals surface area contributed by atoms with Crippen LogP contribution in [-0.2, 0) is 4.79 Å². The first-order valence-electron chi connectivity index (χ1n) is 8.15. The normalized spacial score (nSPS) is 10.5. The monoisotopic (exact) mass is 369 g/mol. The molecule has 0 aliphatic heterocycles. The molecule has 7 heteroatoms. The number of carbonyl (C=O) groups is 2. The van der Waals surface area contributed by atoms with Crippen molar-refractivity contribution in [2.75, 3.05) is 19.0 Å². The Hall–Kier alpha value is -2.93. The standard InChI is InChI=1S/C19H19N3O3S/c1-12-6-3-4-7-13(12)18(24)20-11-10-16(23)21-19-22-17-14(25-2)8-5-9-15(17)26-19/h3-9H,10-11H2,1-2H3,(H,20,24)(H,21,22,23). The molecule has 1 heterocycles. The number of ether oxygens (including phenoxy) is 1. The molecule has 0 spiro atoms. The number of methoxy groups -OCH3 is 1. The molecular weight excluding hydrogens is 350 g/mol. The molecule has 26 heavy (non-hydrogen) atoms. The minimum absolute atomic E-state index is 0.171. The van der Waals surface area contributed by atoms with Gasteiger partial charge in [-0.1, -0.05) is 35.6 Å². The highest BCUT2D eigenvalue weighted by Gasteiger charge is 2.12. The Bertz CT molecular complexity index is 952. The summed E-state index contributed by atoms with van der Waals surface area (Å²) < 4.78 is 6.21. The van der Waals surface area contributed by atoms with Gasteiger partial charge in [0.15, 0.2) is 5.13 Å². The van der Waals surface area contributed by atoms with E-state index in [9.17, 15) is 9.59 Å². The molecule has 0 radical (unpaired) electrons. The SMILES string of the molecule is COc1cccc2sc(NC(=O)CCNC(=O)c3ccccc3C)nc12. The summed E-state index contributed by atoms with van der Waals surface area (Å²) in [4.78, 5) is 28.6.